The molecule has 1 aliphatic heterocycles. The molecule has 2 N–H and O–H groups in total. The molecule has 0 aliphatic carbocycles. The quantitative estimate of drug-likeness (QED) is 0.677. The zero-order valence-corrected chi connectivity index (χ0v) is 8.30. The van der Waals surface area contributed by atoms with Crippen molar-refractivity contribution < 1.29 is 19.8 Å². The Morgan fingerprint density at radius 2 is 1.93 bits per heavy atom. The van der Waals surface area contributed by atoms with E-state index < -0.39 is 23.8 Å². The van der Waals surface area contributed by atoms with Gasteiger partial charge in [-0.2, -0.15) is 0 Å². The van der Waals surface area contributed by atoms with Crippen molar-refractivity contribution in [3.8, 4) is 0 Å². The molecule has 14 heavy (non-hydrogen) atoms. The van der Waals surface area contributed by atoms with E-state index in [1.165, 1.54) is 0 Å². The van der Waals surface area contributed by atoms with Gasteiger partial charge in [-0.15, -0.1) is 0 Å². The average molecular weight is 201 g/mol. The maximum atomic E-state index is 10.9. The molecule has 0 saturated carbocycles. The fourth-order valence-corrected chi connectivity index (χ4v) is 2.24. The van der Waals surface area contributed by atoms with Crippen molar-refractivity contribution in [2.24, 2.45) is 11.8 Å². The zero-order chi connectivity index (χ0) is 10.9. The predicted molar refractivity (Wildman–Crippen MR) is 49.0 cm³/mol. The Bertz CT molecular complexity index is 253. The lowest BCUT2D eigenvalue weighted by atomic mass is 9.89. The standard InChI is InChI=1S/C9H15NO4/c1-3-6-7(9(13)14)5(8(11)12)4-10(6)2/h5-7H,3-4H2,1-2H3,(H,11,12)(H,13,14). The number of likely N-dealkylation sites (tertiary alicyclic amines) is 1. The highest BCUT2D eigenvalue weighted by Gasteiger charge is 2.46. The van der Waals surface area contributed by atoms with Crippen LogP contribution in [0.15, 0.2) is 0 Å². The SMILES string of the molecule is CCC1C(C(=O)O)C(C(=O)O)CN1C. The predicted octanol–water partition coefficient (Wildman–Crippen LogP) is 0.112. The molecule has 1 fully saturated rings. The molecule has 0 bridgehead atoms. The van der Waals surface area contributed by atoms with Gasteiger partial charge in [0.15, 0.2) is 0 Å². The first-order valence-corrected chi connectivity index (χ1v) is 4.64. The van der Waals surface area contributed by atoms with Crippen LogP contribution in [0.25, 0.3) is 0 Å². The largest absolute Gasteiger partial charge is 0.481 e. The van der Waals surface area contributed by atoms with Gasteiger partial charge in [-0.1, -0.05) is 6.92 Å². The molecular weight excluding hydrogens is 186 g/mol. The topological polar surface area (TPSA) is 77.8 Å². The van der Waals surface area contributed by atoms with Crippen molar-refractivity contribution >= 4 is 11.9 Å². The van der Waals surface area contributed by atoms with Crippen molar-refractivity contribution in [2.75, 3.05) is 13.6 Å². The van der Waals surface area contributed by atoms with Crippen LogP contribution in [0.3, 0.4) is 0 Å². The minimum atomic E-state index is -1.01. The van der Waals surface area contributed by atoms with Gasteiger partial charge in [-0.25, -0.2) is 0 Å². The van der Waals surface area contributed by atoms with E-state index in [1.54, 1.807) is 7.05 Å². The summed E-state index contributed by atoms with van der Waals surface area (Å²) in [6, 6.07) is -0.159. The van der Waals surface area contributed by atoms with E-state index >= 15 is 0 Å². The molecule has 1 aliphatic rings. The van der Waals surface area contributed by atoms with E-state index in [-0.39, 0.29) is 6.04 Å². The van der Waals surface area contributed by atoms with Crippen LogP contribution < -0.4 is 0 Å². The fourth-order valence-electron chi connectivity index (χ4n) is 2.24. The third-order valence-electron chi connectivity index (χ3n) is 2.92. The molecule has 0 aromatic heterocycles. The Kier molecular flexibility index (Phi) is 3.10. The first-order chi connectivity index (χ1) is 6.49. The van der Waals surface area contributed by atoms with Crippen LogP contribution in [-0.2, 0) is 9.59 Å². The molecule has 80 valence electrons. The monoisotopic (exact) mass is 201 g/mol. The van der Waals surface area contributed by atoms with E-state index in [9.17, 15) is 9.59 Å². The van der Waals surface area contributed by atoms with E-state index in [0.29, 0.717) is 13.0 Å². The normalized spacial score (nSPS) is 33.1. The van der Waals surface area contributed by atoms with Crippen molar-refractivity contribution in [1.82, 2.24) is 4.90 Å². The molecule has 5 heteroatoms. The number of hydrogen-bond donors (Lipinski definition) is 2. The maximum absolute atomic E-state index is 10.9. The van der Waals surface area contributed by atoms with Crippen molar-refractivity contribution in [1.29, 1.82) is 0 Å². The molecule has 0 amide bonds. The van der Waals surface area contributed by atoms with Gasteiger partial charge >= 0.3 is 11.9 Å². The van der Waals surface area contributed by atoms with Gasteiger partial charge in [-0.05, 0) is 13.5 Å². The second kappa shape index (κ2) is 3.96. The highest BCUT2D eigenvalue weighted by atomic mass is 16.4. The third kappa shape index (κ3) is 1.72. The minimum absolute atomic E-state index is 0.159. The summed E-state index contributed by atoms with van der Waals surface area (Å²) >= 11 is 0. The lowest BCUT2D eigenvalue weighted by Gasteiger charge is -2.20. The Hall–Kier alpha value is -1.10. The minimum Gasteiger partial charge on any atom is -0.481 e. The summed E-state index contributed by atoms with van der Waals surface area (Å²) in [4.78, 5) is 23.6. The second-order valence-electron chi connectivity index (χ2n) is 3.72. The molecule has 0 aromatic rings. The Labute approximate surface area is 82.3 Å². The average Bonchev–Trinajstić information content (AvgIpc) is 2.42. The molecule has 3 unspecified atom stereocenters. The second-order valence-corrected chi connectivity index (χ2v) is 3.72. The number of carboxylic acid groups (broad SMARTS) is 2. The van der Waals surface area contributed by atoms with Gasteiger partial charge in [0.25, 0.3) is 0 Å². The Morgan fingerprint density at radius 1 is 1.36 bits per heavy atom. The van der Waals surface area contributed by atoms with Crippen LogP contribution in [0, 0.1) is 11.8 Å². The molecule has 0 aromatic carbocycles. The van der Waals surface area contributed by atoms with Gasteiger partial charge in [0.05, 0.1) is 11.8 Å². The van der Waals surface area contributed by atoms with E-state index in [2.05, 4.69) is 0 Å². The fraction of sp³-hybridized carbons (Fsp3) is 0.778. The van der Waals surface area contributed by atoms with Gasteiger partial charge in [0.2, 0.25) is 0 Å². The number of hydrogen-bond acceptors (Lipinski definition) is 3. The van der Waals surface area contributed by atoms with Crippen LogP contribution in [0.1, 0.15) is 13.3 Å². The molecular formula is C9H15NO4. The van der Waals surface area contributed by atoms with Crippen molar-refractivity contribution in [3.63, 3.8) is 0 Å². The molecule has 0 radical (unpaired) electrons. The molecule has 3 atom stereocenters. The highest BCUT2D eigenvalue weighted by Crippen LogP contribution is 2.31. The maximum Gasteiger partial charge on any atom is 0.309 e. The van der Waals surface area contributed by atoms with Gasteiger partial charge in [0, 0.05) is 12.6 Å². The molecule has 5 nitrogen and oxygen atoms in total. The summed E-state index contributed by atoms with van der Waals surface area (Å²) < 4.78 is 0. The summed E-state index contributed by atoms with van der Waals surface area (Å²) in [5, 5.41) is 17.8. The van der Waals surface area contributed by atoms with E-state index in [4.69, 9.17) is 10.2 Å². The zero-order valence-electron chi connectivity index (χ0n) is 8.30. The lowest BCUT2D eigenvalue weighted by Crippen LogP contribution is -2.34. The first-order valence-electron chi connectivity index (χ1n) is 4.64. The van der Waals surface area contributed by atoms with Crippen LogP contribution in [0.4, 0.5) is 0 Å². The summed E-state index contributed by atoms with van der Waals surface area (Å²) in [5.74, 6) is -3.57. The smallest absolute Gasteiger partial charge is 0.309 e. The molecule has 0 spiro atoms. The third-order valence-corrected chi connectivity index (χ3v) is 2.92. The van der Waals surface area contributed by atoms with Crippen LogP contribution in [-0.4, -0.2) is 46.7 Å². The van der Waals surface area contributed by atoms with Crippen LogP contribution >= 0.6 is 0 Å². The summed E-state index contributed by atoms with van der Waals surface area (Å²) in [5.41, 5.74) is 0. The lowest BCUT2D eigenvalue weighted by molar-refractivity contribution is -0.152. The van der Waals surface area contributed by atoms with E-state index in [0.717, 1.165) is 0 Å². The number of aliphatic carboxylic acids is 2. The summed E-state index contributed by atoms with van der Waals surface area (Å²) in [6.45, 7) is 2.20. The number of rotatable bonds is 3. The van der Waals surface area contributed by atoms with Gasteiger partial charge < -0.3 is 15.1 Å². The molecule has 1 saturated heterocycles. The first kappa shape index (κ1) is 11.0. The van der Waals surface area contributed by atoms with Gasteiger partial charge in [0.1, 0.15) is 0 Å². The Balaban J connectivity index is 2.90. The summed E-state index contributed by atoms with van der Waals surface area (Å²) in [6.07, 6.45) is 0.664. The van der Waals surface area contributed by atoms with Crippen LogP contribution in [0.5, 0.6) is 0 Å². The Morgan fingerprint density at radius 3 is 2.29 bits per heavy atom. The van der Waals surface area contributed by atoms with Gasteiger partial charge in [-0.3, -0.25) is 9.59 Å². The summed E-state index contributed by atoms with van der Waals surface area (Å²) in [7, 11) is 1.77. The molecule has 1 rings (SSSR count). The van der Waals surface area contributed by atoms with Crippen molar-refractivity contribution in [2.45, 2.75) is 19.4 Å². The number of carbonyl (C=O) groups is 2. The van der Waals surface area contributed by atoms with Crippen LogP contribution in [0.2, 0.25) is 0 Å². The number of carboxylic acids is 2. The highest BCUT2D eigenvalue weighted by molar-refractivity contribution is 5.81. The number of nitrogens with zero attached hydrogens (tertiary/aromatic N) is 1. The molecule has 1 heterocycles. The van der Waals surface area contributed by atoms with E-state index in [1.807, 2.05) is 11.8 Å². The van der Waals surface area contributed by atoms with Crippen molar-refractivity contribution in [3.05, 3.63) is 0 Å².